The van der Waals surface area contributed by atoms with Gasteiger partial charge in [0.2, 0.25) is 0 Å². The molecule has 154 valence electrons. The van der Waals surface area contributed by atoms with E-state index < -0.39 is 5.97 Å². The smallest absolute Gasteiger partial charge is 0.308 e. The summed E-state index contributed by atoms with van der Waals surface area (Å²) in [6.07, 6.45) is 16.6. The van der Waals surface area contributed by atoms with Gasteiger partial charge in [-0.05, 0) is 32.1 Å². The van der Waals surface area contributed by atoms with Crippen LogP contribution in [0.4, 0.5) is 0 Å². The van der Waals surface area contributed by atoms with Crippen molar-refractivity contribution in [2.75, 3.05) is 6.61 Å². The van der Waals surface area contributed by atoms with E-state index >= 15 is 0 Å². The third-order valence-electron chi connectivity index (χ3n) is 4.92. The molecule has 0 saturated heterocycles. The van der Waals surface area contributed by atoms with Gasteiger partial charge in [0, 0.05) is 6.42 Å². The largest absolute Gasteiger partial charge is 0.481 e. The lowest BCUT2D eigenvalue weighted by molar-refractivity contribution is -0.149. The van der Waals surface area contributed by atoms with Gasteiger partial charge in [-0.25, -0.2) is 0 Å². The zero-order valence-electron chi connectivity index (χ0n) is 17.3. The number of esters is 1. The summed E-state index contributed by atoms with van der Waals surface area (Å²) in [4.78, 5) is 22.9. The van der Waals surface area contributed by atoms with E-state index in [-0.39, 0.29) is 18.3 Å². The van der Waals surface area contributed by atoms with Crippen LogP contribution in [0, 0.1) is 5.92 Å². The summed E-state index contributed by atoms with van der Waals surface area (Å²) in [6, 6.07) is 0. The van der Waals surface area contributed by atoms with E-state index in [9.17, 15) is 9.59 Å². The van der Waals surface area contributed by atoms with Gasteiger partial charge in [-0.15, -0.1) is 0 Å². The van der Waals surface area contributed by atoms with Crippen molar-refractivity contribution in [3.8, 4) is 0 Å². The lowest BCUT2D eigenvalue weighted by Gasteiger charge is -2.16. The summed E-state index contributed by atoms with van der Waals surface area (Å²) >= 11 is 0. The van der Waals surface area contributed by atoms with Crippen molar-refractivity contribution in [1.29, 1.82) is 0 Å². The van der Waals surface area contributed by atoms with Crippen LogP contribution in [-0.4, -0.2) is 23.7 Å². The van der Waals surface area contributed by atoms with E-state index in [1.807, 2.05) is 0 Å². The fourth-order valence-corrected chi connectivity index (χ4v) is 3.21. The van der Waals surface area contributed by atoms with Gasteiger partial charge in [-0.3, -0.25) is 9.59 Å². The predicted octanol–water partition coefficient (Wildman–Crippen LogP) is 6.51. The molecule has 0 saturated carbocycles. The van der Waals surface area contributed by atoms with Crippen LogP contribution in [0.1, 0.15) is 117 Å². The highest BCUT2D eigenvalue weighted by Crippen LogP contribution is 2.20. The molecule has 0 heterocycles. The van der Waals surface area contributed by atoms with Gasteiger partial charge in [0.15, 0.2) is 0 Å². The molecular weight excluding hydrogens is 328 g/mol. The van der Waals surface area contributed by atoms with Gasteiger partial charge in [0.1, 0.15) is 0 Å². The number of unbranched alkanes of at least 4 members (excludes halogenated alkanes) is 10. The minimum atomic E-state index is -0.756. The molecule has 0 aliphatic rings. The molecule has 1 atom stereocenters. The average molecular weight is 371 g/mol. The van der Waals surface area contributed by atoms with E-state index in [2.05, 4.69) is 13.8 Å². The summed E-state index contributed by atoms with van der Waals surface area (Å²) in [5.41, 5.74) is 0. The summed E-state index contributed by atoms with van der Waals surface area (Å²) in [6.45, 7) is 4.86. The second-order valence-corrected chi connectivity index (χ2v) is 7.47. The van der Waals surface area contributed by atoms with Gasteiger partial charge in [0.25, 0.3) is 0 Å². The van der Waals surface area contributed by atoms with E-state index in [0.29, 0.717) is 13.0 Å². The molecule has 0 radical (unpaired) electrons. The molecule has 1 N–H and O–H groups in total. The Balaban J connectivity index is 4.01. The normalized spacial score (nSPS) is 12.1. The van der Waals surface area contributed by atoms with Gasteiger partial charge in [0.05, 0.1) is 12.5 Å². The monoisotopic (exact) mass is 370 g/mol. The van der Waals surface area contributed by atoms with Crippen LogP contribution in [0.25, 0.3) is 0 Å². The predicted molar refractivity (Wildman–Crippen MR) is 107 cm³/mol. The molecule has 0 spiro atoms. The number of hydrogen-bond donors (Lipinski definition) is 1. The molecule has 0 aromatic carbocycles. The lowest BCUT2D eigenvalue weighted by atomic mass is 9.94. The quantitative estimate of drug-likeness (QED) is 0.208. The van der Waals surface area contributed by atoms with Crippen molar-refractivity contribution in [2.45, 2.75) is 117 Å². The number of carbonyl (C=O) groups excluding carboxylic acids is 1. The van der Waals surface area contributed by atoms with Crippen molar-refractivity contribution in [3.05, 3.63) is 0 Å². The summed E-state index contributed by atoms with van der Waals surface area (Å²) in [5, 5.41) is 8.62. The summed E-state index contributed by atoms with van der Waals surface area (Å²) < 4.78 is 5.48. The minimum Gasteiger partial charge on any atom is -0.481 e. The number of carboxylic acids is 1. The van der Waals surface area contributed by atoms with Crippen LogP contribution in [-0.2, 0) is 14.3 Å². The Kier molecular flexibility index (Phi) is 18.0. The van der Waals surface area contributed by atoms with E-state index in [1.54, 1.807) is 0 Å². The third-order valence-corrected chi connectivity index (χ3v) is 4.92. The first-order valence-electron chi connectivity index (χ1n) is 11.0. The van der Waals surface area contributed by atoms with E-state index in [1.165, 1.54) is 51.4 Å². The first kappa shape index (κ1) is 24.9. The highest BCUT2D eigenvalue weighted by molar-refractivity contribution is 5.72. The Morgan fingerprint density at radius 2 is 1.23 bits per heavy atom. The van der Waals surface area contributed by atoms with E-state index in [0.717, 1.165) is 38.5 Å². The molecule has 4 heteroatoms. The van der Waals surface area contributed by atoms with Crippen LogP contribution in [0.15, 0.2) is 0 Å². The van der Waals surface area contributed by atoms with Gasteiger partial charge in [-0.1, -0.05) is 78.1 Å². The first-order chi connectivity index (χ1) is 12.6. The fraction of sp³-hybridized carbons (Fsp3) is 0.909. The number of aliphatic carboxylic acids is 1. The van der Waals surface area contributed by atoms with Crippen LogP contribution in [0.5, 0.6) is 0 Å². The van der Waals surface area contributed by atoms with Crippen molar-refractivity contribution < 1.29 is 19.4 Å². The Labute approximate surface area is 161 Å². The highest BCUT2D eigenvalue weighted by atomic mass is 16.5. The number of hydrogen-bond acceptors (Lipinski definition) is 3. The van der Waals surface area contributed by atoms with Crippen LogP contribution >= 0.6 is 0 Å². The molecule has 0 aromatic heterocycles. The van der Waals surface area contributed by atoms with Crippen LogP contribution < -0.4 is 0 Å². The summed E-state index contributed by atoms with van der Waals surface area (Å²) in [5.74, 6) is -0.738. The van der Waals surface area contributed by atoms with Crippen molar-refractivity contribution >= 4 is 11.9 Å². The number of rotatable bonds is 19. The average Bonchev–Trinajstić information content (AvgIpc) is 2.62. The zero-order chi connectivity index (χ0) is 19.5. The molecule has 0 aliphatic carbocycles. The second-order valence-electron chi connectivity index (χ2n) is 7.47. The Morgan fingerprint density at radius 1 is 0.731 bits per heavy atom. The van der Waals surface area contributed by atoms with Gasteiger partial charge in [-0.2, -0.15) is 0 Å². The molecule has 1 unspecified atom stereocenters. The van der Waals surface area contributed by atoms with E-state index in [4.69, 9.17) is 9.84 Å². The number of carboxylic acid groups (broad SMARTS) is 1. The highest BCUT2D eigenvalue weighted by Gasteiger charge is 2.19. The molecule has 0 bridgehead atoms. The van der Waals surface area contributed by atoms with Gasteiger partial charge < -0.3 is 9.84 Å². The molecule has 0 amide bonds. The van der Waals surface area contributed by atoms with Crippen LogP contribution in [0.3, 0.4) is 0 Å². The maximum Gasteiger partial charge on any atom is 0.308 e. The van der Waals surface area contributed by atoms with Crippen molar-refractivity contribution in [3.63, 3.8) is 0 Å². The maximum atomic E-state index is 12.4. The molecule has 0 aliphatic heterocycles. The standard InChI is InChI=1S/C22H42O4/c1-3-5-7-9-10-13-17-20(16-12-8-6-4-2)22(25)26-19-15-11-14-18-21(23)24/h20H,3-19H2,1-2H3,(H,23,24). The fourth-order valence-electron chi connectivity index (χ4n) is 3.21. The first-order valence-corrected chi connectivity index (χ1v) is 11.0. The van der Waals surface area contributed by atoms with Crippen LogP contribution in [0.2, 0.25) is 0 Å². The lowest BCUT2D eigenvalue weighted by Crippen LogP contribution is -2.18. The van der Waals surface area contributed by atoms with Gasteiger partial charge >= 0.3 is 11.9 Å². The molecular formula is C22H42O4. The molecule has 26 heavy (non-hydrogen) atoms. The molecule has 4 nitrogen and oxygen atoms in total. The number of ether oxygens (including phenoxy) is 1. The third kappa shape index (κ3) is 16.4. The second kappa shape index (κ2) is 18.7. The Morgan fingerprint density at radius 3 is 1.81 bits per heavy atom. The van der Waals surface area contributed by atoms with Crippen molar-refractivity contribution in [2.24, 2.45) is 5.92 Å². The SMILES string of the molecule is CCCCCCCCC(CCCCCC)C(=O)OCCCCCC(=O)O. The molecule has 0 aromatic rings. The molecule has 0 rings (SSSR count). The topological polar surface area (TPSA) is 63.6 Å². The molecule has 0 fully saturated rings. The minimum absolute atomic E-state index is 0.0340. The summed E-state index contributed by atoms with van der Waals surface area (Å²) in [7, 11) is 0. The zero-order valence-corrected chi connectivity index (χ0v) is 17.3. The Bertz CT molecular complexity index is 341. The maximum absolute atomic E-state index is 12.4. The Hall–Kier alpha value is -1.06. The van der Waals surface area contributed by atoms with Crippen molar-refractivity contribution in [1.82, 2.24) is 0 Å². The number of carbonyl (C=O) groups is 2.